The molecule has 1 fully saturated rings. The van der Waals surface area contributed by atoms with Crippen molar-refractivity contribution in [2.45, 2.75) is 25.7 Å². The fourth-order valence-electron chi connectivity index (χ4n) is 2.04. The molecule has 1 aliphatic heterocycles. The van der Waals surface area contributed by atoms with Gasteiger partial charge in [0.25, 0.3) is 0 Å². The molecule has 1 aliphatic rings. The molecular formula is C12H24N2O4S. The lowest BCUT2D eigenvalue weighted by Crippen LogP contribution is -2.37. The largest absolute Gasteiger partial charge is 0.379 e. The van der Waals surface area contributed by atoms with E-state index < -0.39 is 15.6 Å². The van der Waals surface area contributed by atoms with Gasteiger partial charge in [0.2, 0.25) is 5.91 Å². The van der Waals surface area contributed by atoms with Crippen LogP contribution < -0.4 is 5.73 Å². The summed E-state index contributed by atoms with van der Waals surface area (Å²) in [6, 6.07) is 0. The van der Waals surface area contributed by atoms with E-state index in [-0.39, 0.29) is 18.3 Å². The van der Waals surface area contributed by atoms with Crippen LogP contribution in [0, 0.1) is 0 Å². The number of amides is 1. The molecule has 0 atom stereocenters. The van der Waals surface area contributed by atoms with Crippen molar-refractivity contribution in [1.82, 2.24) is 4.90 Å². The Kier molecular flexibility index (Phi) is 7.33. The van der Waals surface area contributed by atoms with Gasteiger partial charge in [0.1, 0.15) is 5.75 Å². The second kappa shape index (κ2) is 8.50. The van der Waals surface area contributed by atoms with E-state index in [1.54, 1.807) is 4.90 Å². The Morgan fingerprint density at radius 2 is 1.74 bits per heavy atom. The quantitative estimate of drug-likeness (QED) is 0.655. The van der Waals surface area contributed by atoms with Gasteiger partial charge in [-0.25, -0.2) is 8.42 Å². The standard InChI is InChI=1S/C12H24N2O4S/c13-5-8-18-9-10-19(16,17)11-12(15)14-6-3-1-2-4-7-14/h1-11,13H2. The normalized spacial score (nSPS) is 17.2. The first-order chi connectivity index (χ1) is 9.05. The molecule has 0 aliphatic carbocycles. The summed E-state index contributed by atoms with van der Waals surface area (Å²) in [6.07, 6.45) is 4.16. The van der Waals surface area contributed by atoms with Crippen molar-refractivity contribution in [2.24, 2.45) is 5.73 Å². The average molecular weight is 292 g/mol. The van der Waals surface area contributed by atoms with Gasteiger partial charge in [-0.15, -0.1) is 0 Å². The lowest BCUT2D eigenvalue weighted by atomic mass is 10.2. The second-order valence-electron chi connectivity index (χ2n) is 4.79. The second-order valence-corrected chi connectivity index (χ2v) is 6.97. The number of sulfone groups is 1. The van der Waals surface area contributed by atoms with Gasteiger partial charge in [-0.1, -0.05) is 12.8 Å². The van der Waals surface area contributed by atoms with Crippen LogP contribution in [0.15, 0.2) is 0 Å². The van der Waals surface area contributed by atoms with E-state index in [4.69, 9.17) is 10.5 Å². The number of hydrogen-bond donors (Lipinski definition) is 1. The van der Waals surface area contributed by atoms with Gasteiger partial charge in [-0.05, 0) is 12.8 Å². The number of rotatable bonds is 7. The minimum absolute atomic E-state index is 0.104. The number of ether oxygens (including phenoxy) is 1. The minimum Gasteiger partial charge on any atom is -0.379 e. The van der Waals surface area contributed by atoms with Crippen LogP contribution in [0.3, 0.4) is 0 Å². The summed E-state index contributed by atoms with van der Waals surface area (Å²) in [5.74, 6) is -0.799. The number of nitrogens with zero attached hydrogens (tertiary/aromatic N) is 1. The van der Waals surface area contributed by atoms with Crippen molar-refractivity contribution in [3.63, 3.8) is 0 Å². The Balaban J connectivity index is 2.36. The average Bonchev–Trinajstić information content (AvgIpc) is 2.63. The summed E-state index contributed by atoms with van der Waals surface area (Å²) in [6.45, 7) is 2.17. The van der Waals surface area contributed by atoms with Crippen molar-refractivity contribution >= 4 is 15.7 Å². The third-order valence-electron chi connectivity index (χ3n) is 3.10. The summed E-state index contributed by atoms with van der Waals surface area (Å²) in [5.41, 5.74) is 5.24. The molecule has 2 N–H and O–H groups in total. The van der Waals surface area contributed by atoms with Crippen molar-refractivity contribution in [1.29, 1.82) is 0 Å². The molecule has 0 aromatic rings. The van der Waals surface area contributed by atoms with E-state index in [1.807, 2.05) is 0 Å². The van der Waals surface area contributed by atoms with E-state index in [2.05, 4.69) is 0 Å². The monoisotopic (exact) mass is 292 g/mol. The number of carbonyl (C=O) groups is 1. The Morgan fingerprint density at radius 3 is 2.32 bits per heavy atom. The SMILES string of the molecule is NCCOCCS(=O)(=O)CC(=O)N1CCCCCC1. The molecule has 112 valence electrons. The molecule has 1 amide bonds. The van der Waals surface area contributed by atoms with Crippen molar-refractivity contribution in [3.8, 4) is 0 Å². The third-order valence-corrected chi connectivity index (χ3v) is 4.58. The van der Waals surface area contributed by atoms with Gasteiger partial charge in [0.15, 0.2) is 9.84 Å². The molecular weight excluding hydrogens is 268 g/mol. The fourth-order valence-corrected chi connectivity index (χ4v) is 3.12. The van der Waals surface area contributed by atoms with E-state index >= 15 is 0 Å². The van der Waals surface area contributed by atoms with Crippen molar-refractivity contribution < 1.29 is 17.9 Å². The highest BCUT2D eigenvalue weighted by Crippen LogP contribution is 2.10. The van der Waals surface area contributed by atoms with Gasteiger partial charge in [0.05, 0.1) is 19.0 Å². The Hall–Kier alpha value is -0.660. The molecule has 1 rings (SSSR count). The Morgan fingerprint density at radius 1 is 1.11 bits per heavy atom. The zero-order chi connectivity index (χ0) is 14.1. The number of nitrogens with two attached hydrogens (primary N) is 1. The first-order valence-electron chi connectivity index (χ1n) is 6.81. The maximum absolute atomic E-state index is 11.9. The first-order valence-corrected chi connectivity index (χ1v) is 8.63. The number of likely N-dealkylation sites (tertiary alicyclic amines) is 1. The fraction of sp³-hybridized carbons (Fsp3) is 0.917. The van der Waals surface area contributed by atoms with Gasteiger partial charge in [-0.3, -0.25) is 4.79 Å². The maximum atomic E-state index is 11.9. The Labute approximate surface area is 115 Å². The van der Waals surface area contributed by atoms with Crippen LogP contribution in [0.1, 0.15) is 25.7 Å². The molecule has 0 aromatic heterocycles. The van der Waals surface area contributed by atoms with Crippen LogP contribution in [-0.2, 0) is 19.4 Å². The first kappa shape index (κ1) is 16.4. The molecule has 0 spiro atoms. The molecule has 1 heterocycles. The van der Waals surface area contributed by atoms with Crippen LogP contribution in [0.2, 0.25) is 0 Å². The summed E-state index contributed by atoms with van der Waals surface area (Å²) in [7, 11) is -3.38. The summed E-state index contributed by atoms with van der Waals surface area (Å²) < 4.78 is 28.6. The molecule has 0 radical (unpaired) electrons. The molecule has 0 saturated carbocycles. The smallest absolute Gasteiger partial charge is 0.237 e. The minimum atomic E-state index is -3.38. The number of carbonyl (C=O) groups excluding carboxylic acids is 1. The molecule has 0 aromatic carbocycles. The highest BCUT2D eigenvalue weighted by Gasteiger charge is 2.22. The lowest BCUT2D eigenvalue weighted by Gasteiger charge is -2.20. The predicted molar refractivity (Wildman–Crippen MR) is 73.6 cm³/mol. The van der Waals surface area contributed by atoms with Gasteiger partial charge < -0.3 is 15.4 Å². The highest BCUT2D eigenvalue weighted by molar-refractivity contribution is 7.92. The third kappa shape index (κ3) is 6.89. The van der Waals surface area contributed by atoms with E-state index in [0.717, 1.165) is 25.7 Å². The Bertz CT molecular complexity index is 362. The van der Waals surface area contributed by atoms with E-state index in [1.165, 1.54) is 0 Å². The van der Waals surface area contributed by atoms with Crippen LogP contribution in [-0.4, -0.2) is 63.6 Å². The highest BCUT2D eigenvalue weighted by atomic mass is 32.2. The molecule has 6 nitrogen and oxygen atoms in total. The van der Waals surface area contributed by atoms with Gasteiger partial charge >= 0.3 is 0 Å². The summed E-state index contributed by atoms with van der Waals surface area (Å²) >= 11 is 0. The van der Waals surface area contributed by atoms with Gasteiger partial charge in [-0.2, -0.15) is 0 Å². The van der Waals surface area contributed by atoms with E-state index in [0.29, 0.717) is 26.2 Å². The maximum Gasteiger partial charge on any atom is 0.237 e. The zero-order valence-corrected chi connectivity index (χ0v) is 12.2. The molecule has 0 bridgehead atoms. The van der Waals surface area contributed by atoms with Gasteiger partial charge in [0, 0.05) is 19.6 Å². The molecule has 1 saturated heterocycles. The van der Waals surface area contributed by atoms with Crippen LogP contribution in [0.5, 0.6) is 0 Å². The lowest BCUT2D eigenvalue weighted by molar-refractivity contribution is -0.128. The topological polar surface area (TPSA) is 89.7 Å². The number of hydrogen-bond acceptors (Lipinski definition) is 5. The van der Waals surface area contributed by atoms with Crippen LogP contribution in [0.25, 0.3) is 0 Å². The zero-order valence-electron chi connectivity index (χ0n) is 11.3. The molecule has 0 unspecified atom stereocenters. The summed E-state index contributed by atoms with van der Waals surface area (Å²) in [5, 5.41) is 0. The van der Waals surface area contributed by atoms with Crippen LogP contribution in [0.4, 0.5) is 0 Å². The van der Waals surface area contributed by atoms with Crippen molar-refractivity contribution in [2.75, 3.05) is 44.4 Å². The molecule has 19 heavy (non-hydrogen) atoms. The van der Waals surface area contributed by atoms with Crippen molar-refractivity contribution in [3.05, 3.63) is 0 Å². The van der Waals surface area contributed by atoms with Crippen LogP contribution >= 0.6 is 0 Å². The molecule has 7 heteroatoms. The van der Waals surface area contributed by atoms with E-state index in [9.17, 15) is 13.2 Å². The summed E-state index contributed by atoms with van der Waals surface area (Å²) in [4.78, 5) is 13.6. The predicted octanol–water partition coefficient (Wildman–Crippen LogP) is -0.221.